The maximum absolute atomic E-state index is 12.5. The quantitative estimate of drug-likeness (QED) is 0.766. The zero-order valence-corrected chi connectivity index (χ0v) is 16.3. The Bertz CT molecular complexity index is 709. The molecule has 1 aliphatic rings. The number of halogens is 1. The molecule has 1 aliphatic heterocycles. The second-order valence-corrected chi connectivity index (χ2v) is 7.47. The van der Waals surface area contributed by atoms with E-state index >= 15 is 0 Å². The third-order valence-corrected chi connectivity index (χ3v) is 5.58. The van der Waals surface area contributed by atoms with E-state index < -0.39 is 0 Å². The molecule has 1 saturated heterocycles. The highest BCUT2D eigenvalue weighted by Crippen LogP contribution is 2.30. The number of carbonyl (C=O) groups is 1. The maximum atomic E-state index is 12.5. The number of carbonyl (C=O) groups excluding carboxylic acids is 1. The summed E-state index contributed by atoms with van der Waals surface area (Å²) in [5.74, 6) is 0.401. The molecule has 3 nitrogen and oxygen atoms in total. The molecule has 0 unspecified atom stereocenters. The van der Waals surface area contributed by atoms with Crippen molar-refractivity contribution < 1.29 is 4.79 Å². The highest BCUT2D eigenvalue weighted by atomic mass is 35.5. The van der Waals surface area contributed by atoms with Gasteiger partial charge in [-0.1, -0.05) is 67.9 Å². The summed E-state index contributed by atoms with van der Waals surface area (Å²) in [6, 6.07) is 18.9. The smallest absolute Gasteiger partial charge is 0.225 e. The standard InChI is InChI=1S/C22H27ClN2O/c1-3-17(2)22(26)25-15-13-24(14-16-25)21(18-7-5-4-6-8-18)19-9-11-20(23)12-10-19/h4-12,17,21H,3,13-16H2,1-2H3/t17-,21+/m1/s1. The molecule has 0 aliphatic carbocycles. The number of amides is 1. The van der Waals surface area contributed by atoms with Crippen molar-refractivity contribution in [3.05, 3.63) is 70.7 Å². The fourth-order valence-electron chi connectivity index (χ4n) is 3.58. The highest BCUT2D eigenvalue weighted by molar-refractivity contribution is 6.30. The molecule has 2 aromatic rings. The molecule has 1 fully saturated rings. The SMILES string of the molecule is CC[C@@H](C)C(=O)N1CCN([C@@H](c2ccccc2)c2ccc(Cl)cc2)CC1. The van der Waals surface area contributed by atoms with Crippen LogP contribution in [-0.2, 0) is 4.79 Å². The summed E-state index contributed by atoms with van der Waals surface area (Å²) < 4.78 is 0. The third-order valence-electron chi connectivity index (χ3n) is 5.33. The second kappa shape index (κ2) is 8.70. The van der Waals surface area contributed by atoms with Gasteiger partial charge in [-0.25, -0.2) is 0 Å². The lowest BCUT2D eigenvalue weighted by Gasteiger charge is -2.40. The van der Waals surface area contributed by atoms with Crippen LogP contribution in [0, 0.1) is 5.92 Å². The zero-order valence-electron chi connectivity index (χ0n) is 15.6. The molecular formula is C22H27ClN2O. The van der Waals surface area contributed by atoms with E-state index in [9.17, 15) is 4.79 Å². The Labute approximate surface area is 161 Å². The van der Waals surface area contributed by atoms with E-state index in [4.69, 9.17) is 11.6 Å². The highest BCUT2D eigenvalue weighted by Gasteiger charge is 2.29. The number of hydrogen-bond acceptors (Lipinski definition) is 2. The van der Waals surface area contributed by atoms with Crippen molar-refractivity contribution in [3.8, 4) is 0 Å². The lowest BCUT2D eigenvalue weighted by molar-refractivity contribution is -0.137. The first-order valence-corrected chi connectivity index (χ1v) is 9.81. The van der Waals surface area contributed by atoms with Crippen molar-refractivity contribution in [3.63, 3.8) is 0 Å². The van der Waals surface area contributed by atoms with Crippen LogP contribution in [0.2, 0.25) is 5.02 Å². The van der Waals surface area contributed by atoms with Crippen molar-refractivity contribution in [1.29, 1.82) is 0 Å². The lowest BCUT2D eigenvalue weighted by atomic mass is 9.96. The Morgan fingerprint density at radius 3 is 2.12 bits per heavy atom. The summed E-state index contributed by atoms with van der Waals surface area (Å²) >= 11 is 6.09. The molecule has 4 heteroatoms. The first kappa shape index (κ1) is 18.9. The molecule has 2 aromatic carbocycles. The van der Waals surface area contributed by atoms with Gasteiger partial charge >= 0.3 is 0 Å². The molecule has 0 N–H and O–H groups in total. The first-order chi connectivity index (χ1) is 12.6. The van der Waals surface area contributed by atoms with Crippen LogP contribution >= 0.6 is 11.6 Å². The van der Waals surface area contributed by atoms with Crippen LogP contribution in [0.1, 0.15) is 37.4 Å². The molecule has 1 heterocycles. The van der Waals surface area contributed by atoms with Crippen LogP contribution in [0.15, 0.2) is 54.6 Å². The van der Waals surface area contributed by atoms with E-state index in [-0.39, 0.29) is 17.9 Å². The van der Waals surface area contributed by atoms with Gasteiger partial charge in [0.2, 0.25) is 5.91 Å². The van der Waals surface area contributed by atoms with E-state index in [0.29, 0.717) is 0 Å². The minimum Gasteiger partial charge on any atom is -0.340 e. The normalized spacial score (nSPS) is 17.7. The molecule has 0 saturated carbocycles. The predicted octanol–water partition coefficient (Wildman–Crippen LogP) is 4.62. The average Bonchev–Trinajstić information content (AvgIpc) is 2.70. The molecule has 2 atom stereocenters. The Kier molecular flexibility index (Phi) is 6.33. The summed E-state index contributed by atoms with van der Waals surface area (Å²) in [5.41, 5.74) is 2.51. The van der Waals surface area contributed by atoms with E-state index in [1.807, 2.05) is 30.0 Å². The molecule has 138 valence electrons. The van der Waals surface area contributed by atoms with Gasteiger partial charge in [0.1, 0.15) is 0 Å². The number of piperazine rings is 1. The van der Waals surface area contributed by atoms with Crippen molar-refractivity contribution in [2.45, 2.75) is 26.3 Å². The molecule has 0 bridgehead atoms. The van der Waals surface area contributed by atoms with Gasteiger partial charge in [-0.05, 0) is 29.7 Å². The largest absolute Gasteiger partial charge is 0.340 e. The summed E-state index contributed by atoms with van der Waals surface area (Å²) in [6.07, 6.45) is 0.899. The van der Waals surface area contributed by atoms with Crippen LogP contribution in [0.4, 0.5) is 0 Å². The van der Waals surface area contributed by atoms with Crippen LogP contribution in [0.25, 0.3) is 0 Å². The van der Waals surface area contributed by atoms with Gasteiger partial charge in [0.25, 0.3) is 0 Å². The molecule has 3 rings (SSSR count). The summed E-state index contributed by atoms with van der Waals surface area (Å²) in [6.45, 7) is 7.44. The Hall–Kier alpha value is -1.84. The lowest BCUT2D eigenvalue weighted by Crippen LogP contribution is -2.51. The van der Waals surface area contributed by atoms with E-state index in [0.717, 1.165) is 37.6 Å². The third kappa shape index (κ3) is 4.28. The van der Waals surface area contributed by atoms with Gasteiger partial charge in [-0.15, -0.1) is 0 Å². The Morgan fingerprint density at radius 2 is 1.54 bits per heavy atom. The number of nitrogens with zero attached hydrogens (tertiary/aromatic N) is 2. The average molecular weight is 371 g/mol. The Balaban J connectivity index is 1.79. The predicted molar refractivity (Wildman–Crippen MR) is 107 cm³/mol. The van der Waals surface area contributed by atoms with Gasteiger partial charge in [0.15, 0.2) is 0 Å². The monoisotopic (exact) mass is 370 g/mol. The van der Waals surface area contributed by atoms with E-state index in [1.54, 1.807) is 0 Å². The summed E-state index contributed by atoms with van der Waals surface area (Å²) in [7, 11) is 0. The van der Waals surface area contributed by atoms with Gasteiger partial charge in [-0.2, -0.15) is 0 Å². The second-order valence-electron chi connectivity index (χ2n) is 7.04. The first-order valence-electron chi connectivity index (χ1n) is 9.43. The minimum atomic E-state index is 0.114. The maximum Gasteiger partial charge on any atom is 0.225 e. The van der Waals surface area contributed by atoms with Gasteiger partial charge in [-0.3, -0.25) is 9.69 Å². The van der Waals surface area contributed by atoms with Crippen LogP contribution in [0.5, 0.6) is 0 Å². The number of benzene rings is 2. The zero-order chi connectivity index (χ0) is 18.5. The molecule has 0 aromatic heterocycles. The van der Waals surface area contributed by atoms with Crippen LogP contribution in [0.3, 0.4) is 0 Å². The minimum absolute atomic E-state index is 0.114. The summed E-state index contributed by atoms with van der Waals surface area (Å²) in [5, 5.41) is 0.754. The fraction of sp³-hybridized carbons (Fsp3) is 0.409. The van der Waals surface area contributed by atoms with E-state index in [1.165, 1.54) is 11.1 Å². The van der Waals surface area contributed by atoms with Crippen LogP contribution in [-0.4, -0.2) is 41.9 Å². The molecule has 26 heavy (non-hydrogen) atoms. The van der Waals surface area contributed by atoms with Crippen molar-refractivity contribution in [2.24, 2.45) is 5.92 Å². The number of hydrogen-bond donors (Lipinski definition) is 0. The van der Waals surface area contributed by atoms with Crippen molar-refractivity contribution in [1.82, 2.24) is 9.80 Å². The number of rotatable bonds is 5. The van der Waals surface area contributed by atoms with Gasteiger partial charge < -0.3 is 4.90 Å². The topological polar surface area (TPSA) is 23.6 Å². The van der Waals surface area contributed by atoms with Gasteiger partial charge in [0, 0.05) is 37.1 Å². The molecular weight excluding hydrogens is 344 g/mol. The van der Waals surface area contributed by atoms with Crippen molar-refractivity contribution in [2.75, 3.05) is 26.2 Å². The van der Waals surface area contributed by atoms with Gasteiger partial charge in [0.05, 0.1) is 6.04 Å². The van der Waals surface area contributed by atoms with Crippen LogP contribution < -0.4 is 0 Å². The van der Waals surface area contributed by atoms with E-state index in [2.05, 4.69) is 48.2 Å². The fourth-order valence-corrected chi connectivity index (χ4v) is 3.71. The molecule has 0 radical (unpaired) electrons. The molecule has 0 spiro atoms. The summed E-state index contributed by atoms with van der Waals surface area (Å²) in [4.78, 5) is 17.0. The van der Waals surface area contributed by atoms with Crippen molar-refractivity contribution >= 4 is 17.5 Å². The Morgan fingerprint density at radius 1 is 0.962 bits per heavy atom. The molecule has 1 amide bonds.